The zero-order valence-corrected chi connectivity index (χ0v) is 11.2. The van der Waals surface area contributed by atoms with Gasteiger partial charge in [-0.25, -0.2) is 0 Å². The maximum atomic E-state index is 4.41. The third-order valence-electron chi connectivity index (χ3n) is 4.21. The van der Waals surface area contributed by atoms with E-state index in [0.717, 1.165) is 13.1 Å². The molecule has 2 N–H and O–H groups in total. The van der Waals surface area contributed by atoms with Crippen molar-refractivity contribution in [2.45, 2.75) is 45.1 Å². The summed E-state index contributed by atoms with van der Waals surface area (Å²) in [6.07, 6.45) is 7.76. The maximum absolute atomic E-state index is 4.41. The molecule has 0 radical (unpaired) electrons. The molecule has 1 aliphatic heterocycles. The molecule has 1 fully saturated rings. The van der Waals surface area contributed by atoms with Crippen molar-refractivity contribution in [2.24, 2.45) is 0 Å². The molecule has 0 amide bonds. The minimum Gasteiger partial charge on any atom is -0.311 e. The first-order chi connectivity index (χ1) is 8.93. The fraction of sp³-hybridized carbons (Fsp3) is 0.786. The second-order valence-corrected chi connectivity index (χ2v) is 5.56. The molecule has 0 unspecified atom stereocenters. The van der Waals surface area contributed by atoms with Crippen molar-refractivity contribution in [2.75, 3.05) is 26.2 Å². The summed E-state index contributed by atoms with van der Waals surface area (Å²) < 4.78 is 0. The summed E-state index contributed by atoms with van der Waals surface area (Å²) in [5, 5.41) is 11.1. The summed E-state index contributed by atoms with van der Waals surface area (Å²) in [7, 11) is 0. The zero-order chi connectivity index (χ0) is 12.2. The Balaban J connectivity index is 1.34. The van der Waals surface area contributed by atoms with Crippen LogP contribution in [0.2, 0.25) is 0 Å². The highest BCUT2D eigenvalue weighted by molar-refractivity contribution is 5.29. The summed E-state index contributed by atoms with van der Waals surface area (Å²) in [4.78, 5) is 2.58. The maximum Gasteiger partial charge on any atom is 0.0794 e. The average molecular weight is 248 g/mol. The van der Waals surface area contributed by atoms with E-state index in [1.54, 1.807) is 0 Å². The minimum absolute atomic E-state index is 0.936. The van der Waals surface area contributed by atoms with Crippen LogP contribution >= 0.6 is 0 Å². The molecule has 0 aromatic carbocycles. The number of hydrogen-bond acceptors (Lipinski definition) is 3. The summed E-state index contributed by atoms with van der Waals surface area (Å²) in [5.74, 6) is 0. The molecule has 0 saturated carbocycles. The van der Waals surface area contributed by atoms with Gasteiger partial charge in [0.1, 0.15) is 0 Å². The van der Waals surface area contributed by atoms with Crippen molar-refractivity contribution in [3.8, 4) is 0 Å². The van der Waals surface area contributed by atoms with Crippen molar-refractivity contribution in [3.63, 3.8) is 0 Å². The monoisotopic (exact) mass is 248 g/mol. The SMILES string of the molecule is C1Cc2[nH]nc(CNCCCN3CCCC3)c2C1. The van der Waals surface area contributed by atoms with E-state index >= 15 is 0 Å². The van der Waals surface area contributed by atoms with Crippen LogP contribution in [0, 0.1) is 0 Å². The number of aromatic amines is 1. The molecule has 1 aliphatic carbocycles. The molecule has 4 nitrogen and oxygen atoms in total. The first kappa shape index (κ1) is 12.2. The lowest BCUT2D eigenvalue weighted by Gasteiger charge is -2.14. The van der Waals surface area contributed by atoms with Crippen LogP contribution in [0.1, 0.15) is 42.6 Å². The molecule has 0 atom stereocenters. The van der Waals surface area contributed by atoms with E-state index in [1.165, 1.54) is 75.1 Å². The largest absolute Gasteiger partial charge is 0.311 e. The predicted octanol–water partition coefficient (Wildman–Crippen LogP) is 1.47. The summed E-state index contributed by atoms with van der Waals surface area (Å²) in [5.41, 5.74) is 4.12. The second-order valence-electron chi connectivity index (χ2n) is 5.56. The molecule has 0 spiro atoms. The quantitative estimate of drug-likeness (QED) is 0.749. The van der Waals surface area contributed by atoms with E-state index in [4.69, 9.17) is 0 Å². The van der Waals surface area contributed by atoms with Crippen LogP contribution in [-0.2, 0) is 19.4 Å². The van der Waals surface area contributed by atoms with E-state index in [-0.39, 0.29) is 0 Å². The molecule has 2 heterocycles. The number of aromatic nitrogens is 2. The number of fused-ring (bicyclic) bond motifs is 1. The Kier molecular flexibility index (Phi) is 3.96. The van der Waals surface area contributed by atoms with Crippen LogP contribution in [0.5, 0.6) is 0 Å². The van der Waals surface area contributed by atoms with E-state index in [1.807, 2.05) is 0 Å². The molecule has 4 heteroatoms. The molecule has 18 heavy (non-hydrogen) atoms. The van der Waals surface area contributed by atoms with Crippen molar-refractivity contribution < 1.29 is 0 Å². The Morgan fingerprint density at radius 1 is 1.17 bits per heavy atom. The van der Waals surface area contributed by atoms with E-state index in [2.05, 4.69) is 20.4 Å². The van der Waals surface area contributed by atoms with Crippen LogP contribution in [0.25, 0.3) is 0 Å². The van der Waals surface area contributed by atoms with Crippen LogP contribution in [-0.4, -0.2) is 41.3 Å². The first-order valence-electron chi connectivity index (χ1n) is 7.41. The van der Waals surface area contributed by atoms with Gasteiger partial charge in [-0.15, -0.1) is 0 Å². The lowest BCUT2D eigenvalue weighted by atomic mass is 10.2. The molecule has 1 saturated heterocycles. The van der Waals surface area contributed by atoms with Crippen LogP contribution < -0.4 is 5.32 Å². The van der Waals surface area contributed by atoms with Gasteiger partial charge in [0, 0.05) is 12.2 Å². The number of nitrogens with one attached hydrogen (secondary N) is 2. The van der Waals surface area contributed by atoms with E-state index in [0.29, 0.717) is 0 Å². The number of hydrogen-bond donors (Lipinski definition) is 2. The van der Waals surface area contributed by atoms with Crippen molar-refractivity contribution in [1.29, 1.82) is 0 Å². The van der Waals surface area contributed by atoms with Gasteiger partial charge >= 0.3 is 0 Å². The Hall–Kier alpha value is -0.870. The van der Waals surface area contributed by atoms with E-state index < -0.39 is 0 Å². The van der Waals surface area contributed by atoms with Crippen LogP contribution in [0.15, 0.2) is 0 Å². The first-order valence-corrected chi connectivity index (χ1v) is 7.41. The standard InChI is InChI=1S/C14H24N4/c1-2-9-18(8-1)10-4-7-15-11-14-12-5-3-6-13(12)16-17-14/h15H,1-11H2,(H,16,17). The van der Waals surface area contributed by atoms with E-state index in [9.17, 15) is 0 Å². The highest BCUT2D eigenvalue weighted by Gasteiger charge is 2.17. The van der Waals surface area contributed by atoms with Gasteiger partial charge in [-0.05, 0) is 70.3 Å². The number of H-pyrrole nitrogens is 1. The number of rotatable bonds is 6. The molecule has 100 valence electrons. The zero-order valence-electron chi connectivity index (χ0n) is 11.2. The van der Waals surface area contributed by atoms with Gasteiger partial charge in [0.25, 0.3) is 0 Å². The second kappa shape index (κ2) is 5.85. The lowest BCUT2D eigenvalue weighted by molar-refractivity contribution is 0.331. The number of nitrogens with zero attached hydrogens (tertiary/aromatic N) is 2. The van der Waals surface area contributed by atoms with Gasteiger partial charge in [0.2, 0.25) is 0 Å². The van der Waals surface area contributed by atoms with Crippen LogP contribution in [0.3, 0.4) is 0 Å². The van der Waals surface area contributed by atoms with Crippen molar-refractivity contribution in [3.05, 3.63) is 17.0 Å². The highest BCUT2D eigenvalue weighted by atomic mass is 15.1. The fourth-order valence-electron chi connectivity index (χ4n) is 3.17. The van der Waals surface area contributed by atoms with Gasteiger partial charge < -0.3 is 10.2 Å². The lowest BCUT2D eigenvalue weighted by Crippen LogP contribution is -2.24. The Morgan fingerprint density at radius 3 is 2.94 bits per heavy atom. The minimum atomic E-state index is 0.936. The molecule has 3 rings (SSSR count). The third kappa shape index (κ3) is 2.75. The highest BCUT2D eigenvalue weighted by Crippen LogP contribution is 2.22. The molecule has 2 aliphatic rings. The average Bonchev–Trinajstić information content (AvgIpc) is 3.05. The molecular weight excluding hydrogens is 224 g/mol. The van der Waals surface area contributed by atoms with Crippen LogP contribution in [0.4, 0.5) is 0 Å². The summed E-state index contributed by atoms with van der Waals surface area (Å²) in [6, 6.07) is 0. The van der Waals surface area contributed by atoms with Gasteiger partial charge in [-0.2, -0.15) is 5.10 Å². The van der Waals surface area contributed by atoms with Gasteiger partial charge in [0.15, 0.2) is 0 Å². The van der Waals surface area contributed by atoms with Crippen molar-refractivity contribution in [1.82, 2.24) is 20.4 Å². The van der Waals surface area contributed by atoms with Gasteiger partial charge in [0.05, 0.1) is 5.69 Å². The summed E-state index contributed by atoms with van der Waals surface area (Å²) in [6.45, 7) is 5.93. The topological polar surface area (TPSA) is 44.0 Å². The Labute approximate surface area is 109 Å². The summed E-state index contributed by atoms with van der Waals surface area (Å²) >= 11 is 0. The van der Waals surface area contributed by atoms with Gasteiger partial charge in [-0.1, -0.05) is 0 Å². The number of likely N-dealkylation sites (tertiary alicyclic amines) is 1. The molecule has 1 aromatic heterocycles. The number of aryl methyl sites for hydroxylation is 1. The molecule has 1 aromatic rings. The fourth-order valence-corrected chi connectivity index (χ4v) is 3.17. The van der Waals surface area contributed by atoms with Gasteiger partial charge in [-0.3, -0.25) is 5.10 Å². The third-order valence-corrected chi connectivity index (χ3v) is 4.21. The Morgan fingerprint density at radius 2 is 2.06 bits per heavy atom. The molecule has 0 bridgehead atoms. The normalized spacial score (nSPS) is 19.6. The predicted molar refractivity (Wildman–Crippen MR) is 72.6 cm³/mol. The smallest absolute Gasteiger partial charge is 0.0794 e. The molecular formula is C14H24N4. The van der Waals surface area contributed by atoms with Crippen molar-refractivity contribution >= 4 is 0 Å². The Bertz CT molecular complexity index is 379.